The summed E-state index contributed by atoms with van der Waals surface area (Å²) in [5, 5.41) is 0.724. The van der Waals surface area contributed by atoms with Crippen molar-refractivity contribution in [1.82, 2.24) is 19.9 Å². The molecule has 10 heteroatoms. The Bertz CT molecular complexity index is 1530. The number of esters is 1. The van der Waals surface area contributed by atoms with E-state index in [1.165, 1.54) is 7.11 Å². The molecule has 41 heavy (non-hydrogen) atoms. The predicted octanol–water partition coefficient (Wildman–Crippen LogP) is 5.41. The maximum Gasteiger partial charge on any atom is 0.339 e. The summed E-state index contributed by atoms with van der Waals surface area (Å²) in [6, 6.07) is 7.85. The molecule has 0 unspecified atom stereocenters. The predicted molar refractivity (Wildman–Crippen MR) is 161 cm³/mol. The van der Waals surface area contributed by atoms with Gasteiger partial charge < -0.3 is 19.4 Å². The van der Waals surface area contributed by atoms with E-state index in [0.29, 0.717) is 43.1 Å². The Morgan fingerprint density at radius 3 is 2.34 bits per heavy atom. The smallest absolute Gasteiger partial charge is 0.339 e. The normalized spacial score (nSPS) is 17.4. The number of benzene rings is 1. The van der Waals surface area contributed by atoms with Crippen LogP contribution in [0.1, 0.15) is 71.1 Å². The number of aryl methyl sites for hydroxylation is 3. The van der Waals surface area contributed by atoms with E-state index in [2.05, 4.69) is 43.6 Å². The van der Waals surface area contributed by atoms with Crippen LogP contribution in [0.15, 0.2) is 30.5 Å². The minimum absolute atomic E-state index is 0.136. The van der Waals surface area contributed by atoms with Gasteiger partial charge in [-0.1, -0.05) is 25.4 Å². The lowest BCUT2D eigenvalue weighted by atomic mass is 9.92. The van der Waals surface area contributed by atoms with Crippen LogP contribution in [0.2, 0.25) is 5.02 Å². The number of ether oxygens (including phenoxy) is 1. The highest BCUT2D eigenvalue weighted by Gasteiger charge is 2.42. The molecule has 0 spiro atoms. The number of piperazine rings is 1. The van der Waals surface area contributed by atoms with E-state index < -0.39 is 5.54 Å². The number of hydrogen-bond acceptors (Lipinski definition) is 8. The van der Waals surface area contributed by atoms with Crippen LogP contribution in [-0.2, 0) is 10.2 Å². The number of rotatable bonds is 4. The first-order valence-electron chi connectivity index (χ1n) is 13.8. The number of anilines is 3. The summed E-state index contributed by atoms with van der Waals surface area (Å²) in [6.07, 6.45) is 1.60. The van der Waals surface area contributed by atoms with Crippen molar-refractivity contribution in [3.05, 3.63) is 69.3 Å². The van der Waals surface area contributed by atoms with Crippen LogP contribution in [0.25, 0.3) is 0 Å². The Kier molecular flexibility index (Phi) is 7.22. The minimum atomic E-state index is -0.497. The number of aromatic nitrogens is 3. The lowest BCUT2D eigenvalue weighted by Gasteiger charge is -2.47. The van der Waals surface area contributed by atoms with Crippen LogP contribution in [-0.4, -0.2) is 70.6 Å². The molecular weight excluding hydrogens is 540 g/mol. The van der Waals surface area contributed by atoms with Gasteiger partial charge in [0, 0.05) is 42.3 Å². The Balaban J connectivity index is 1.39. The third-order valence-corrected chi connectivity index (χ3v) is 8.54. The largest absolute Gasteiger partial charge is 0.465 e. The number of pyridine rings is 1. The second-order valence-corrected chi connectivity index (χ2v) is 12.7. The molecule has 2 aromatic heterocycles. The first-order chi connectivity index (χ1) is 19.2. The molecule has 0 atom stereocenters. The summed E-state index contributed by atoms with van der Waals surface area (Å²) in [4.78, 5) is 46.6. The molecule has 1 aromatic carbocycles. The Hall–Kier alpha value is -3.72. The molecule has 5 rings (SSSR count). The zero-order valence-corrected chi connectivity index (χ0v) is 25.8. The summed E-state index contributed by atoms with van der Waals surface area (Å²) in [5.41, 5.74) is 4.30. The highest BCUT2D eigenvalue weighted by molar-refractivity contribution is 6.31. The van der Waals surface area contributed by atoms with Crippen molar-refractivity contribution in [2.75, 3.05) is 43.1 Å². The number of hydrogen-bond donors (Lipinski definition) is 0. The highest BCUT2D eigenvalue weighted by Crippen LogP contribution is 2.42. The average molecular weight is 577 g/mol. The van der Waals surface area contributed by atoms with Gasteiger partial charge in [-0.2, -0.15) is 0 Å². The third-order valence-electron chi connectivity index (χ3n) is 8.12. The van der Waals surface area contributed by atoms with Crippen molar-refractivity contribution < 1.29 is 14.3 Å². The number of amides is 1. The molecule has 1 amide bonds. The lowest BCUT2D eigenvalue weighted by molar-refractivity contribution is 0.0505. The molecule has 4 heterocycles. The Morgan fingerprint density at radius 2 is 1.71 bits per heavy atom. The van der Waals surface area contributed by atoms with Gasteiger partial charge in [0.2, 0.25) is 0 Å². The Labute approximate surface area is 246 Å². The first kappa shape index (κ1) is 28.8. The summed E-state index contributed by atoms with van der Waals surface area (Å²) in [6.45, 7) is 16.4. The van der Waals surface area contributed by atoms with Crippen LogP contribution < -0.4 is 9.80 Å². The quantitative estimate of drug-likeness (QED) is 0.381. The van der Waals surface area contributed by atoms with E-state index in [9.17, 15) is 9.59 Å². The van der Waals surface area contributed by atoms with E-state index in [0.717, 1.165) is 39.2 Å². The minimum Gasteiger partial charge on any atom is -0.465 e. The Morgan fingerprint density at radius 1 is 0.976 bits per heavy atom. The van der Waals surface area contributed by atoms with Crippen molar-refractivity contribution in [3.63, 3.8) is 0 Å². The van der Waals surface area contributed by atoms with Crippen molar-refractivity contribution in [3.8, 4) is 0 Å². The fourth-order valence-corrected chi connectivity index (χ4v) is 6.06. The maximum absolute atomic E-state index is 13.9. The zero-order valence-electron chi connectivity index (χ0n) is 25.0. The van der Waals surface area contributed by atoms with E-state index in [1.807, 2.05) is 43.9 Å². The van der Waals surface area contributed by atoms with Crippen molar-refractivity contribution in [2.45, 2.75) is 59.4 Å². The summed E-state index contributed by atoms with van der Waals surface area (Å²) in [7, 11) is 1.37. The second-order valence-electron chi connectivity index (χ2n) is 12.3. The zero-order chi connectivity index (χ0) is 29.9. The van der Waals surface area contributed by atoms with Gasteiger partial charge in [-0.05, 0) is 70.0 Å². The van der Waals surface area contributed by atoms with E-state index in [1.54, 1.807) is 6.20 Å². The molecule has 9 nitrogen and oxygen atoms in total. The fraction of sp³-hybridized carbons (Fsp3) is 0.452. The lowest BCUT2D eigenvalue weighted by Crippen LogP contribution is -2.61. The monoisotopic (exact) mass is 576 g/mol. The number of carbonyl (C=O) groups excluding carboxylic acids is 2. The van der Waals surface area contributed by atoms with Crippen LogP contribution >= 0.6 is 11.6 Å². The van der Waals surface area contributed by atoms with Gasteiger partial charge in [0.1, 0.15) is 11.5 Å². The van der Waals surface area contributed by atoms with Crippen molar-refractivity contribution in [2.24, 2.45) is 0 Å². The molecule has 0 radical (unpaired) electrons. The molecule has 0 saturated carbocycles. The van der Waals surface area contributed by atoms with E-state index in [4.69, 9.17) is 31.3 Å². The van der Waals surface area contributed by atoms with Crippen LogP contribution in [0.4, 0.5) is 17.3 Å². The summed E-state index contributed by atoms with van der Waals surface area (Å²) < 4.78 is 4.92. The van der Waals surface area contributed by atoms with Crippen LogP contribution in [0.3, 0.4) is 0 Å². The molecule has 0 bridgehead atoms. The van der Waals surface area contributed by atoms with Gasteiger partial charge in [-0.25, -0.2) is 19.7 Å². The second kappa shape index (κ2) is 10.3. The molecule has 1 fully saturated rings. The summed E-state index contributed by atoms with van der Waals surface area (Å²) in [5.74, 6) is 1.02. The standard InChI is InChI=1S/C31H37ClN6O3/c1-18-13-21(9-10-22(18)32)37-16-30(4,5)26-27(37)33-15-23(35-26)28(39)38-12-11-36(17-31(38,6)7)24-14-19(2)25(20(3)34-24)29(40)41-8/h9-10,13-15H,11-12,16-17H2,1-8H3. The highest BCUT2D eigenvalue weighted by atomic mass is 35.5. The van der Waals surface area contributed by atoms with Crippen molar-refractivity contribution >= 4 is 40.8 Å². The molecule has 1 saturated heterocycles. The van der Waals surface area contributed by atoms with Gasteiger partial charge in [0.15, 0.2) is 5.82 Å². The van der Waals surface area contributed by atoms with Gasteiger partial charge in [0.05, 0.1) is 35.8 Å². The topological polar surface area (TPSA) is 91.8 Å². The molecule has 3 aromatic rings. The van der Waals surface area contributed by atoms with E-state index >= 15 is 0 Å². The number of methoxy groups -OCH3 is 1. The number of carbonyl (C=O) groups is 2. The van der Waals surface area contributed by atoms with E-state index in [-0.39, 0.29) is 17.3 Å². The van der Waals surface area contributed by atoms with Crippen molar-refractivity contribution in [1.29, 1.82) is 0 Å². The third kappa shape index (κ3) is 5.12. The first-order valence-corrected chi connectivity index (χ1v) is 14.2. The molecule has 216 valence electrons. The van der Waals surface area contributed by atoms with Gasteiger partial charge in [-0.3, -0.25) is 4.79 Å². The average Bonchev–Trinajstić information content (AvgIpc) is 3.18. The van der Waals surface area contributed by atoms with Crippen LogP contribution in [0.5, 0.6) is 0 Å². The number of nitrogens with zero attached hydrogens (tertiary/aromatic N) is 6. The molecular formula is C31H37ClN6O3. The maximum atomic E-state index is 13.9. The van der Waals surface area contributed by atoms with Gasteiger partial charge in [0.25, 0.3) is 5.91 Å². The number of fused-ring (bicyclic) bond motifs is 1. The fourth-order valence-electron chi connectivity index (χ4n) is 5.94. The number of halogens is 1. The van der Waals surface area contributed by atoms with Crippen LogP contribution in [0, 0.1) is 20.8 Å². The van der Waals surface area contributed by atoms with Gasteiger partial charge >= 0.3 is 5.97 Å². The molecule has 0 aliphatic carbocycles. The van der Waals surface area contributed by atoms with Gasteiger partial charge in [-0.15, -0.1) is 0 Å². The SMILES string of the molecule is COC(=O)c1c(C)cc(N2CCN(C(=O)c3cnc4c(n3)C(C)(C)CN4c3ccc(Cl)c(C)c3)C(C)(C)C2)nc1C. The molecule has 0 N–H and O–H groups in total. The molecule has 2 aliphatic rings. The molecule has 2 aliphatic heterocycles. The summed E-state index contributed by atoms with van der Waals surface area (Å²) >= 11 is 6.26.